The van der Waals surface area contributed by atoms with Gasteiger partial charge >= 0.3 is 0 Å². The van der Waals surface area contributed by atoms with Crippen LogP contribution in [0.15, 0.2) is 42.7 Å². The Morgan fingerprint density at radius 2 is 1.93 bits per heavy atom. The summed E-state index contributed by atoms with van der Waals surface area (Å²) < 4.78 is 0. The first-order valence-corrected chi connectivity index (χ1v) is 4.68. The van der Waals surface area contributed by atoms with Gasteiger partial charge in [0.05, 0.1) is 16.4 Å². The summed E-state index contributed by atoms with van der Waals surface area (Å²) >= 11 is 0. The lowest BCUT2D eigenvalue weighted by atomic mass is 10.1. The summed E-state index contributed by atoms with van der Waals surface area (Å²) in [5, 5.41) is 11.4. The first kappa shape index (κ1) is 8.17. The van der Waals surface area contributed by atoms with Gasteiger partial charge in [0.15, 0.2) is 0 Å². The Labute approximate surface area is 86.0 Å². The molecule has 2 aromatic heterocycles. The van der Waals surface area contributed by atoms with Crippen LogP contribution in [0.3, 0.4) is 0 Å². The van der Waals surface area contributed by atoms with Crippen molar-refractivity contribution in [3.8, 4) is 5.75 Å². The zero-order chi connectivity index (χ0) is 10.3. The number of hydrogen-bond acceptors (Lipinski definition) is 3. The van der Waals surface area contributed by atoms with E-state index in [-0.39, 0.29) is 5.75 Å². The van der Waals surface area contributed by atoms with Crippen molar-refractivity contribution in [3.05, 3.63) is 42.7 Å². The van der Waals surface area contributed by atoms with Crippen LogP contribution in [-0.4, -0.2) is 15.1 Å². The van der Waals surface area contributed by atoms with E-state index in [2.05, 4.69) is 9.97 Å². The van der Waals surface area contributed by atoms with Crippen molar-refractivity contribution in [1.29, 1.82) is 0 Å². The molecule has 0 fully saturated rings. The lowest BCUT2D eigenvalue weighted by molar-refractivity contribution is 0.482. The molecule has 3 nitrogen and oxygen atoms in total. The molecule has 2 heterocycles. The van der Waals surface area contributed by atoms with Crippen LogP contribution in [0.25, 0.3) is 21.8 Å². The summed E-state index contributed by atoms with van der Waals surface area (Å²) in [7, 11) is 0. The molecule has 0 atom stereocenters. The molecule has 3 heteroatoms. The molecule has 0 bridgehead atoms. The molecule has 0 amide bonds. The second-order valence-electron chi connectivity index (χ2n) is 3.37. The van der Waals surface area contributed by atoms with E-state index in [1.807, 2.05) is 18.2 Å². The van der Waals surface area contributed by atoms with Crippen molar-refractivity contribution in [2.45, 2.75) is 0 Å². The Balaban J connectivity index is 2.64. The minimum Gasteiger partial charge on any atom is -0.507 e. The molecule has 3 aromatic rings. The number of aromatic nitrogens is 2. The molecule has 3 rings (SSSR count). The summed E-state index contributed by atoms with van der Waals surface area (Å²) in [6.07, 6.45) is 3.48. The standard InChI is InChI=1S/C12H8N2O/c15-10-5-1-4-9-11(10)12-8(7-14-9)3-2-6-13-12/h1-7,15H. The van der Waals surface area contributed by atoms with Gasteiger partial charge in [0.1, 0.15) is 5.75 Å². The van der Waals surface area contributed by atoms with E-state index in [4.69, 9.17) is 0 Å². The highest BCUT2D eigenvalue weighted by atomic mass is 16.3. The van der Waals surface area contributed by atoms with Crippen molar-refractivity contribution in [2.24, 2.45) is 0 Å². The second-order valence-corrected chi connectivity index (χ2v) is 3.37. The molecule has 1 aromatic carbocycles. The SMILES string of the molecule is Oc1cccc2ncc3cccnc3c12. The largest absolute Gasteiger partial charge is 0.507 e. The van der Waals surface area contributed by atoms with Crippen LogP contribution < -0.4 is 0 Å². The fraction of sp³-hybridized carbons (Fsp3) is 0. The molecule has 1 N–H and O–H groups in total. The minimum atomic E-state index is 0.226. The Kier molecular flexibility index (Phi) is 1.59. The molecule has 0 saturated carbocycles. The van der Waals surface area contributed by atoms with Gasteiger partial charge in [-0.1, -0.05) is 6.07 Å². The monoisotopic (exact) mass is 196 g/mol. The molecule has 0 aliphatic heterocycles. The number of nitrogens with zero attached hydrogens (tertiary/aromatic N) is 2. The van der Waals surface area contributed by atoms with Gasteiger partial charge in [-0.3, -0.25) is 9.97 Å². The number of aromatic hydroxyl groups is 1. The molecule has 72 valence electrons. The van der Waals surface area contributed by atoms with E-state index in [0.29, 0.717) is 0 Å². The van der Waals surface area contributed by atoms with E-state index in [1.54, 1.807) is 24.5 Å². The Bertz CT molecular complexity index is 649. The summed E-state index contributed by atoms with van der Waals surface area (Å²) in [6, 6.07) is 9.08. The third kappa shape index (κ3) is 1.13. The average molecular weight is 196 g/mol. The summed E-state index contributed by atoms with van der Waals surface area (Å²) in [5.74, 6) is 0.226. The van der Waals surface area contributed by atoms with E-state index in [0.717, 1.165) is 21.8 Å². The first-order chi connectivity index (χ1) is 7.36. The van der Waals surface area contributed by atoms with Crippen molar-refractivity contribution >= 4 is 21.8 Å². The van der Waals surface area contributed by atoms with E-state index in [1.165, 1.54) is 0 Å². The molecule has 0 radical (unpaired) electrons. The number of phenols is 1. The fourth-order valence-corrected chi connectivity index (χ4v) is 1.75. The highest BCUT2D eigenvalue weighted by Gasteiger charge is 2.05. The number of phenolic OH excluding ortho intramolecular Hbond substituents is 1. The Morgan fingerprint density at radius 1 is 1.00 bits per heavy atom. The maximum absolute atomic E-state index is 9.79. The van der Waals surface area contributed by atoms with Crippen LogP contribution >= 0.6 is 0 Å². The molecule has 0 spiro atoms. The normalized spacial score (nSPS) is 10.9. The lowest BCUT2D eigenvalue weighted by Crippen LogP contribution is -1.84. The van der Waals surface area contributed by atoms with Crippen molar-refractivity contribution in [3.63, 3.8) is 0 Å². The molecular formula is C12H8N2O. The van der Waals surface area contributed by atoms with Crippen LogP contribution in [0.4, 0.5) is 0 Å². The summed E-state index contributed by atoms with van der Waals surface area (Å²) in [6.45, 7) is 0. The smallest absolute Gasteiger partial charge is 0.127 e. The molecule has 0 saturated heterocycles. The average Bonchev–Trinajstić information content (AvgIpc) is 2.29. The third-order valence-electron chi connectivity index (χ3n) is 2.44. The predicted octanol–water partition coefficient (Wildman–Crippen LogP) is 2.49. The van der Waals surface area contributed by atoms with Gasteiger partial charge in [0, 0.05) is 17.8 Å². The number of benzene rings is 1. The van der Waals surface area contributed by atoms with Gasteiger partial charge in [-0.05, 0) is 24.3 Å². The van der Waals surface area contributed by atoms with Gasteiger partial charge in [-0.2, -0.15) is 0 Å². The Hall–Kier alpha value is -2.16. The second kappa shape index (κ2) is 2.92. The van der Waals surface area contributed by atoms with Crippen LogP contribution in [0.2, 0.25) is 0 Å². The van der Waals surface area contributed by atoms with Crippen LogP contribution in [0.1, 0.15) is 0 Å². The third-order valence-corrected chi connectivity index (χ3v) is 2.44. The maximum Gasteiger partial charge on any atom is 0.127 e. The number of rotatable bonds is 0. The van der Waals surface area contributed by atoms with Gasteiger partial charge in [-0.15, -0.1) is 0 Å². The summed E-state index contributed by atoms with van der Waals surface area (Å²) in [5.41, 5.74) is 1.56. The number of fused-ring (bicyclic) bond motifs is 3. The Morgan fingerprint density at radius 3 is 2.87 bits per heavy atom. The first-order valence-electron chi connectivity index (χ1n) is 4.68. The van der Waals surface area contributed by atoms with Gasteiger partial charge < -0.3 is 5.11 Å². The van der Waals surface area contributed by atoms with Crippen molar-refractivity contribution in [2.75, 3.05) is 0 Å². The molecule has 15 heavy (non-hydrogen) atoms. The van der Waals surface area contributed by atoms with E-state index < -0.39 is 0 Å². The maximum atomic E-state index is 9.79. The zero-order valence-corrected chi connectivity index (χ0v) is 7.88. The minimum absolute atomic E-state index is 0.226. The topological polar surface area (TPSA) is 46.0 Å². The lowest BCUT2D eigenvalue weighted by Gasteiger charge is -2.03. The van der Waals surface area contributed by atoms with Crippen molar-refractivity contribution in [1.82, 2.24) is 9.97 Å². The van der Waals surface area contributed by atoms with Gasteiger partial charge in [-0.25, -0.2) is 0 Å². The van der Waals surface area contributed by atoms with Crippen LogP contribution in [-0.2, 0) is 0 Å². The predicted molar refractivity (Wildman–Crippen MR) is 58.7 cm³/mol. The van der Waals surface area contributed by atoms with Crippen molar-refractivity contribution < 1.29 is 5.11 Å². The van der Waals surface area contributed by atoms with Gasteiger partial charge in [0.25, 0.3) is 0 Å². The van der Waals surface area contributed by atoms with Gasteiger partial charge in [0.2, 0.25) is 0 Å². The number of hydrogen-bond donors (Lipinski definition) is 1. The highest BCUT2D eigenvalue weighted by molar-refractivity contribution is 6.05. The summed E-state index contributed by atoms with van der Waals surface area (Å²) in [4.78, 5) is 8.54. The van der Waals surface area contributed by atoms with E-state index >= 15 is 0 Å². The van der Waals surface area contributed by atoms with E-state index in [9.17, 15) is 5.11 Å². The highest BCUT2D eigenvalue weighted by Crippen LogP contribution is 2.28. The zero-order valence-electron chi connectivity index (χ0n) is 7.88. The molecule has 0 aliphatic carbocycles. The molecular weight excluding hydrogens is 188 g/mol. The molecule has 0 unspecified atom stereocenters. The molecule has 0 aliphatic rings. The number of pyridine rings is 2. The fourth-order valence-electron chi connectivity index (χ4n) is 1.75. The quantitative estimate of drug-likeness (QED) is 0.562. The van der Waals surface area contributed by atoms with Crippen LogP contribution in [0, 0.1) is 0 Å². The van der Waals surface area contributed by atoms with Crippen LogP contribution in [0.5, 0.6) is 5.75 Å².